The topological polar surface area (TPSA) is 93.7 Å². The fourth-order valence-electron chi connectivity index (χ4n) is 3.16. The van der Waals surface area contributed by atoms with Crippen molar-refractivity contribution in [2.24, 2.45) is 0 Å². The van der Waals surface area contributed by atoms with Crippen molar-refractivity contribution in [3.05, 3.63) is 89.5 Å². The highest BCUT2D eigenvalue weighted by Gasteiger charge is 2.15. The number of hydrogen-bond donors (Lipinski definition) is 2. The molecule has 32 heavy (non-hydrogen) atoms. The third kappa shape index (κ3) is 6.16. The number of hydrogen-bond acceptors (Lipinski definition) is 5. The molecule has 0 heterocycles. The Labute approximate surface area is 188 Å². The van der Waals surface area contributed by atoms with Crippen LogP contribution in [0.3, 0.4) is 0 Å². The van der Waals surface area contributed by atoms with Crippen LogP contribution in [0, 0.1) is 0 Å². The average molecular weight is 455 g/mol. The molecule has 0 aliphatic carbocycles. The monoisotopic (exact) mass is 454 g/mol. The molecule has 0 aliphatic rings. The molecule has 0 saturated heterocycles. The maximum absolute atomic E-state index is 12.7. The Bertz CT molecular complexity index is 1150. The van der Waals surface area contributed by atoms with Crippen molar-refractivity contribution in [2.45, 2.75) is 11.3 Å². The lowest BCUT2D eigenvalue weighted by atomic mass is 10.0. The molecular weight excluding hydrogens is 428 g/mol. The van der Waals surface area contributed by atoms with Gasteiger partial charge in [-0.1, -0.05) is 30.3 Å². The molecule has 0 radical (unpaired) electrons. The molecule has 0 fully saturated rings. The quantitative estimate of drug-likeness (QED) is 0.458. The van der Waals surface area contributed by atoms with Gasteiger partial charge >= 0.3 is 0 Å². The van der Waals surface area contributed by atoms with E-state index in [9.17, 15) is 13.2 Å². The Morgan fingerprint density at radius 2 is 1.66 bits per heavy atom. The van der Waals surface area contributed by atoms with E-state index < -0.39 is 10.0 Å². The molecule has 0 spiro atoms. The minimum absolute atomic E-state index is 0.0831. The molecule has 0 aromatic heterocycles. The van der Waals surface area contributed by atoms with Crippen LogP contribution in [0.15, 0.2) is 77.7 Å². The molecule has 3 aromatic carbocycles. The SMILES string of the molecule is COCCNS(=O)(=O)c1ccc(C(=O)Nc2ccc(OC)c(Cc3ccccc3)c2)cc1. The first-order valence-corrected chi connectivity index (χ1v) is 11.5. The van der Waals surface area contributed by atoms with Crippen LogP contribution >= 0.6 is 0 Å². The molecule has 1 amide bonds. The number of anilines is 1. The lowest BCUT2D eigenvalue weighted by molar-refractivity contribution is 0.102. The minimum atomic E-state index is -3.65. The number of nitrogens with one attached hydrogen (secondary N) is 2. The first-order valence-electron chi connectivity index (χ1n) is 10.0. The molecule has 3 rings (SSSR count). The number of ether oxygens (including phenoxy) is 2. The van der Waals surface area contributed by atoms with Crippen LogP contribution in [0.1, 0.15) is 21.5 Å². The number of sulfonamides is 1. The van der Waals surface area contributed by atoms with Gasteiger partial charge in [0.25, 0.3) is 5.91 Å². The van der Waals surface area contributed by atoms with Gasteiger partial charge in [-0.15, -0.1) is 0 Å². The minimum Gasteiger partial charge on any atom is -0.496 e. The standard InChI is InChI=1S/C24H26N2O5S/c1-30-15-14-25-32(28,29)22-11-8-19(9-12-22)24(27)26-21-10-13-23(31-2)20(17-21)16-18-6-4-3-5-7-18/h3-13,17,25H,14-16H2,1-2H3,(H,26,27). The lowest BCUT2D eigenvalue weighted by Crippen LogP contribution is -2.27. The van der Waals surface area contributed by atoms with Gasteiger partial charge in [-0.05, 0) is 48.0 Å². The van der Waals surface area contributed by atoms with Crippen LogP contribution in [0.5, 0.6) is 5.75 Å². The Kier molecular flexibility index (Phi) is 7.99. The van der Waals surface area contributed by atoms with E-state index >= 15 is 0 Å². The van der Waals surface area contributed by atoms with Gasteiger partial charge in [-0.2, -0.15) is 0 Å². The molecule has 3 aromatic rings. The number of benzene rings is 3. The fourth-order valence-corrected chi connectivity index (χ4v) is 4.17. The normalized spacial score (nSPS) is 11.2. The summed E-state index contributed by atoms with van der Waals surface area (Å²) in [6.07, 6.45) is 0.663. The van der Waals surface area contributed by atoms with Gasteiger partial charge in [0.2, 0.25) is 10.0 Å². The summed E-state index contributed by atoms with van der Waals surface area (Å²) in [5.41, 5.74) is 3.05. The Hall–Kier alpha value is -3.20. The van der Waals surface area contributed by atoms with E-state index in [0.29, 0.717) is 17.7 Å². The van der Waals surface area contributed by atoms with E-state index in [4.69, 9.17) is 9.47 Å². The number of amides is 1. The second-order valence-electron chi connectivity index (χ2n) is 7.06. The van der Waals surface area contributed by atoms with E-state index in [1.54, 1.807) is 13.2 Å². The molecule has 0 aliphatic heterocycles. The fraction of sp³-hybridized carbons (Fsp3) is 0.208. The molecule has 2 N–H and O–H groups in total. The molecule has 0 saturated carbocycles. The predicted molar refractivity (Wildman–Crippen MR) is 124 cm³/mol. The molecule has 0 atom stereocenters. The van der Waals surface area contributed by atoms with Crippen LogP contribution in [0.2, 0.25) is 0 Å². The summed E-state index contributed by atoms with van der Waals surface area (Å²) in [6, 6.07) is 21.2. The molecule has 7 nitrogen and oxygen atoms in total. The van der Waals surface area contributed by atoms with Gasteiger partial charge in [-0.25, -0.2) is 13.1 Å². The molecular formula is C24H26N2O5S. The number of methoxy groups -OCH3 is 2. The van der Waals surface area contributed by atoms with Crippen LogP contribution in [0.4, 0.5) is 5.69 Å². The van der Waals surface area contributed by atoms with Gasteiger partial charge in [0.05, 0.1) is 18.6 Å². The summed E-state index contributed by atoms with van der Waals surface area (Å²) >= 11 is 0. The van der Waals surface area contributed by atoms with E-state index in [0.717, 1.165) is 16.9 Å². The third-order valence-corrected chi connectivity index (χ3v) is 6.28. The number of carbonyl (C=O) groups is 1. The molecule has 0 bridgehead atoms. The first kappa shape index (κ1) is 23.5. The summed E-state index contributed by atoms with van der Waals surface area (Å²) in [7, 11) is -0.544. The van der Waals surface area contributed by atoms with Crippen molar-refractivity contribution in [1.29, 1.82) is 0 Å². The van der Waals surface area contributed by atoms with Crippen LogP contribution in [-0.2, 0) is 21.2 Å². The van der Waals surface area contributed by atoms with Crippen molar-refractivity contribution in [3.63, 3.8) is 0 Å². The molecule has 0 unspecified atom stereocenters. The van der Waals surface area contributed by atoms with Gasteiger partial charge in [-0.3, -0.25) is 4.79 Å². The van der Waals surface area contributed by atoms with Crippen LogP contribution < -0.4 is 14.8 Å². The summed E-state index contributed by atoms with van der Waals surface area (Å²) < 4.78 is 37.2. The summed E-state index contributed by atoms with van der Waals surface area (Å²) in [6.45, 7) is 0.442. The van der Waals surface area contributed by atoms with Gasteiger partial charge in [0.15, 0.2) is 0 Å². The summed E-state index contributed by atoms with van der Waals surface area (Å²) in [5, 5.41) is 2.86. The van der Waals surface area contributed by atoms with E-state index in [1.165, 1.54) is 31.4 Å². The van der Waals surface area contributed by atoms with Gasteiger partial charge in [0, 0.05) is 36.9 Å². The highest BCUT2D eigenvalue weighted by molar-refractivity contribution is 7.89. The van der Waals surface area contributed by atoms with Crippen molar-refractivity contribution >= 4 is 21.6 Å². The highest BCUT2D eigenvalue weighted by Crippen LogP contribution is 2.25. The maximum atomic E-state index is 12.7. The Morgan fingerprint density at radius 3 is 2.31 bits per heavy atom. The highest BCUT2D eigenvalue weighted by atomic mass is 32.2. The van der Waals surface area contributed by atoms with E-state index in [-0.39, 0.29) is 24.0 Å². The third-order valence-electron chi connectivity index (χ3n) is 4.80. The van der Waals surface area contributed by atoms with Gasteiger partial charge in [0.1, 0.15) is 5.75 Å². The summed E-state index contributed by atoms with van der Waals surface area (Å²) in [5.74, 6) is 0.402. The van der Waals surface area contributed by atoms with Crippen LogP contribution in [0.25, 0.3) is 0 Å². The maximum Gasteiger partial charge on any atom is 0.255 e. The smallest absolute Gasteiger partial charge is 0.255 e. The molecule has 8 heteroatoms. The first-order chi connectivity index (χ1) is 15.4. The lowest BCUT2D eigenvalue weighted by Gasteiger charge is -2.12. The second-order valence-corrected chi connectivity index (χ2v) is 8.83. The van der Waals surface area contributed by atoms with E-state index in [1.807, 2.05) is 42.5 Å². The Balaban J connectivity index is 1.72. The largest absolute Gasteiger partial charge is 0.496 e. The van der Waals surface area contributed by atoms with Crippen LogP contribution in [-0.4, -0.2) is 41.7 Å². The van der Waals surface area contributed by atoms with Crippen molar-refractivity contribution < 1.29 is 22.7 Å². The second kappa shape index (κ2) is 10.9. The Morgan fingerprint density at radius 1 is 0.938 bits per heavy atom. The van der Waals surface area contributed by atoms with Crippen molar-refractivity contribution in [3.8, 4) is 5.75 Å². The van der Waals surface area contributed by atoms with Crippen molar-refractivity contribution in [1.82, 2.24) is 4.72 Å². The average Bonchev–Trinajstić information content (AvgIpc) is 2.80. The number of carbonyl (C=O) groups excluding carboxylic acids is 1. The zero-order chi connectivity index (χ0) is 23.0. The van der Waals surface area contributed by atoms with E-state index in [2.05, 4.69) is 10.0 Å². The number of rotatable bonds is 10. The zero-order valence-corrected chi connectivity index (χ0v) is 18.8. The van der Waals surface area contributed by atoms with Gasteiger partial charge < -0.3 is 14.8 Å². The molecule has 168 valence electrons. The summed E-state index contributed by atoms with van der Waals surface area (Å²) in [4.78, 5) is 12.8. The predicted octanol–water partition coefficient (Wildman–Crippen LogP) is 3.46. The zero-order valence-electron chi connectivity index (χ0n) is 18.0. The van der Waals surface area contributed by atoms with Crippen molar-refractivity contribution in [2.75, 3.05) is 32.7 Å².